The van der Waals surface area contributed by atoms with E-state index in [0.29, 0.717) is 42.6 Å². The van der Waals surface area contributed by atoms with Crippen molar-refractivity contribution in [3.05, 3.63) is 34.9 Å². The summed E-state index contributed by atoms with van der Waals surface area (Å²) in [6.07, 6.45) is 7.06. The number of likely N-dealkylation sites (tertiary alicyclic amines) is 1. The molecule has 2 aliphatic heterocycles. The van der Waals surface area contributed by atoms with Gasteiger partial charge in [-0.15, -0.1) is 0 Å². The standard InChI is InChI=1S/C21H27N3O5S/c1-30(28,29)22-15-9-11-23(12-10-15)19(25)14-7-8-17-18(13-14)21(27)24(20(17)26)16-5-3-2-4-6-16/h7-8,13,15-16,22H,2-6,9-12H2,1H3. The minimum absolute atomic E-state index is 0.0494. The summed E-state index contributed by atoms with van der Waals surface area (Å²) in [5.41, 5.74) is 1.07. The van der Waals surface area contributed by atoms with E-state index >= 15 is 0 Å². The molecule has 1 aromatic carbocycles. The Kier molecular flexibility index (Phi) is 5.67. The Morgan fingerprint density at radius 1 is 0.967 bits per heavy atom. The third-order valence-corrected chi connectivity index (χ3v) is 7.03. The van der Waals surface area contributed by atoms with Crippen molar-refractivity contribution in [1.82, 2.24) is 14.5 Å². The van der Waals surface area contributed by atoms with Crippen LogP contribution >= 0.6 is 0 Å². The smallest absolute Gasteiger partial charge is 0.261 e. The maximum atomic E-state index is 12.9. The summed E-state index contributed by atoms with van der Waals surface area (Å²) in [6, 6.07) is 4.52. The predicted molar refractivity (Wildman–Crippen MR) is 111 cm³/mol. The van der Waals surface area contributed by atoms with Crippen molar-refractivity contribution in [2.45, 2.75) is 57.0 Å². The third kappa shape index (κ3) is 4.13. The molecule has 4 rings (SSSR count). The summed E-state index contributed by atoms with van der Waals surface area (Å²) in [5.74, 6) is -0.756. The Balaban J connectivity index is 1.46. The fourth-order valence-corrected chi connectivity index (χ4v) is 5.59. The SMILES string of the molecule is CS(=O)(=O)NC1CCN(C(=O)c2ccc3c(c2)C(=O)N(C2CCCCC2)C3=O)CC1. The average molecular weight is 434 g/mol. The number of sulfonamides is 1. The molecule has 30 heavy (non-hydrogen) atoms. The van der Waals surface area contributed by atoms with Crippen molar-refractivity contribution in [2.75, 3.05) is 19.3 Å². The first-order valence-corrected chi connectivity index (χ1v) is 12.4. The Hall–Kier alpha value is -2.26. The molecule has 0 spiro atoms. The molecule has 3 amide bonds. The van der Waals surface area contributed by atoms with E-state index in [0.717, 1.165) is 38.4 Å². The van der Waals surface area contributed by atoms with Gasteiger partial charge in [-0.25, -0.2) is 13.1 Å². The Morgan fingerprint density at radius 3 is 2.23 bits per heavy atom. The molecule has 2 heterocycles. The molecule has 0 radical (unpaired) electrons. The molecule has 9 heteroatoms. The monoisotopic (exact) mass is 433 g/mol. The second-order valence-electron chi connectivity index (χ2n) is 8.49. The summed E-state index contributed by atoms with van der Waals surface area (Å²) in [5, 5.41) is 0. The number of benzene rings is 1. The number of piperidine rings is 1. The molecule has 1 saturated carbocycles. The van der Waals surface area contributed by atoms with Crippen LogP contribution in [0.5, 0.6) is 0 Å². The van der Waals surface area contributed by atoms with E-state index in [4.69, 9.17) is 0 Å². The molecule has 2 fully saturated rings. The van der Waals surface area contributed by atoms with E-state index in [2.05, 4.69) is 4.72 Å². The minimum atomic E-state index is -3.27. The molecular weight excluding hydrogens is 406 g/mol. The molecule has 0 unspecified atom stereocenters. The predicted octanol–water partition coefficient (Wildman–Crippen LogP) is 1.77. The van der Waals surface area contributed by atoms with Crippen LogP contribution in [0.1, 0.15) is 76.0 Å². The fourth-order valence-electron chi connectivity index (χ4n) is 4.75. The van der Waals surface area contributed by atoms with E-state index in [1.807, 2.05) is 0 Å². The Morgan fingerprint density at radius 2 is 1.60 bits per heavy atom. The number of amides is 3. The van der Waals surface area contributed by atoms with Gasteiger partial charge >= 0.3 is 0 Å². The lowest BCUT2D eigenvalue weighted by atomic mass is 9.94. The van der Waals surface area contributed by atoms with Crippen LogP contribution in [0.2, 0.25) is 0 Å². The second kappa shape index (κ2) is 8.11. The van der Waals surface area contributed by atoms with Crippen molar-refractivity contribution in [1.29, 1.82) is 0 Å². The quantitative estimate of drug-likeness (QED) is 0.729. The van der Waals surface area contributed by atoms with Crippen LogP contribution < -0.4 is 4.72 Å². The molecule has 8 nitrogen and oxygen atoms in total. The third-order valence-electron chi connectivity index (χ3n) is 6.27. The number of rotatable bonds is 4. The van der Waals surface area contributed by atoms with Crippen molar-refractivity contribution in [2.24, 2.45) is 0 Å². The molecular formula is C21H27N3O5S. The number of nitrogens with zero attached hydrogens (tertiary/aromatic N) is 2. The topological polar surface area (TPSA) is 104 Å². The molecule has 1 saturated heterocycles. The number of carbonyl (C=O) groups is 3. The highest BCUT2D eigenvalue weighted by molar-refractivity contribution is 7.88. The van der Waals surface area contributed by atoms with Crippen molar-refractivity contribution in [3.8, 4) is 0 Å². The minimum Gasteiger partial charge on any atom is -0.339 e. The van der Waals surface area contributed by atoms with Crippen LogP contribution in [0.3, 0.4) is 0 Å². The van der Waals surface area contributed by atoms with Crippen molar-refractivity contribution in [3.63, 3.8) is 0 Å². The van der Waals surface area contributed by atoms with E-state index in [1.165, 1.54) is 4.90 Å². The van der Waals surface area contributed by atoms with Gasteiger partial charge in [0.05, 0.1) is 17.4 Å². The first-order valence-electron chi connectivity index (χ1n) is 10.5. The van der Waals surface area contributed by atoms with Crippen LogP contribution in [0, 0.1) is 0 Å². The highest BCUT2D eigenvalue weighted by Gasteiger charge is 2.40. The number of fused-ring (bicyclic) bond motifs is 1. The van der Waals surface area contributed by atoms with Gasteiger partial charge in [-0.2, -0.15) is 0 Å². The summed E-state index contributed by atoms with van der Waals surface area (Å²) < 4.78 is 25.4. The lowest BCUT2D eigenvalue weighted by Gasteiger charge is -2.32. The van der Waals surface area contributed by atoms with E-state index < -0.39 is 10.0 Å². The largest absolute Gasteiger partial charge is 0.339 e. The fraction of sp³-hybridized carbons (Fsp3) is 0.571. The maximum absolute atomic E-state index is 12.9. The van der Waals surface area contributed by atoms with Gasteiger partial charge in [0.25, 0.3) is 17.7 Å². The van der Waals surface area contributed by atoms with Crippen LogP contribution in [-0.2, 0) is 10.0 Å². The highest BCUT2D eigenvalue weighted by Crippen LogP contribution is 2.31. The van der Waals surface area contributed by atoms with E-state index in [-0.39, 0.29) is 29.8 Å². The van der Waals surface area contributed by atoms with E-state index in [9.17, 15) is 22.8 Å². The molecule has 1 aromatic rings. The summed E-state index contributed by atoms with van der Waals surface area (Å²) >= 11 is 0. The molecule has 0 atom stereocenters. The van der Waals surface area contributed by atoms with Gasteiger partial charge in [0.2, 0.25) is 10.0 Å². The van der Waals surface area contributed by atoms with Gasteiger partial charge in [-0.3, -0.25) is 19.3 Å². The molecule has 1 aliphatic carbocycles. The van der Waals surface area contributed by atoms with Crippen molar-refractivity contribution >= 4 is 27.7 Å². The molecule has 0 aromatic heterocycles. The van der Waals surface area contributed by atoms with E-state index in [1.54, 1.807) is 23.1 Å². The van der Waals surface area contributed by atoms with Crippen LogP contribution in [0.25, 0.3) is 0 Å². The lowest BCUT2D eigenvalue weighted by molar-refractivity contribution is 0.0548. The Bertz CT molecular complexity index is 976. The van der Waals surface area contributed by atoms with Gasteiger partial charge in [0, 0.05) is 30.7 Å². The molecule has 162 valence electrons. The van der Waals surface area contributed by atoms with Crippen LogP contribution in [0.4, 0.5) is 0 Å². The second-order valence-corrected chi connectivity index (χ2v) is 10.3. The zero-order valence-electron chi connectivity index (χ0n) is 17.1. The summed E-state index contributed by atoms with van der Waals surface area (Å²) in [4.78, 5) is 41.7. The van der Waals surface area contributed by atoms with Crippen molar-refractivity contribution < 1.29 is 22.8 Å². The first kappa shape index (κ1) is 21.0. The molecule has 0 bridgehead atoms. The summed E-state index contributed by atoms with van der Waals surface area (Å²) in [6.45, 7) is 0.869. The van der Waals surface area contributed by atoms with Gasteiger partial charge < -0.3 is 4.90 Å². The first-order chi connectivity index (χ1) is 14.2. The normalized spacial score (nSPS) is 21.2. The van der Waals surface area contributed by atoms with Crippen LogP contribution in [-0.4, -0.2) is 67.4 Å². The number of hydrogen-bond acceptors (Lipinski definition) is 5. The molecule has 3 aliphatic rings. The number of nitrogens with one attached hydrogen (secondary N) is 1. The van der Waals surface area contributed by atoms with Gasteiger partial charge in [0.1, 0.15) is 0 Å². The number of imide groups is 1. The Labute approximate surface area is 176 Å². The summed E-state index contributed by atoms with van der Waals surface area (Å²) in [7, 11) is -3.27. The van der Waals surface area contributed by atoms with Gasteiger partial charge in [-0.05, 0) is 43.9 Å². The van der Waals surface area contributed by atoms with Gasteiger partial charge in [-0.1, -0.05) is 19.3 Å². The molecule has 1 N–H and O–H groups in total. The zero-order valence-corrected chi connectivity index (χ0v) is 17.9. The van der Waals surface area contributed by atoms with Gasteiger partial charge in [0.15, 0.2) is 0 Å². The highest BCUT2D eigenvalue weighted by atomic mass is 32.2. The number of hydrogen-bond donors (Lipinski definition) is 1. The van der Waals surface area contributed by atoms with Crippen LogP contribution in [0.15, 0.2) is 18.2 Å². The lowest BCUT2D eigenvalue weighted by Crippen LogP contribution is -2.46. The zero-order chi connectivity index (χ0) is 21.5. The number of carbonyl (C=O) groups excluding carboxylic acids is 3. The maximum Gasteiger partial charge on any atom is 0.261 e. The average Bonchev–Trinajstić information content (AvgIpc) is 2.97.